The Labute approximate surface area is 86.2 Å². The van der Waals surface area contributed by atoms with Gasteiger partial charge in [-0.15, -0.1) is 0 Å². The zero-order valence-corrected chi connectivity index (χ0v) is 8.95. The van der Waals surface area contributed by atoms with Crippen molar-refractivity contribution in [3.63, 3.8) is 0 Å². The van der Waals surface area contributed by atoms with E-state index < -0.39 is 0 Å². The lowest BCUT2D eigenvalue weighted by Crippen LogP contribution is -1.88. The summed E-state index contributed by atoms with van der Waals surface area (Å²) in [6.07, 6.45) is 8.36. The number of allylic oxidation sites excluding steroid dienone is 1. The fourth-order valence-corrected chi connectivity index (χ4v) is 1.07. The van der Waals surface area contributed by atoms with Gasteiger partial charge < -0.3 is 10.2 Å². The molecular weight excluding hydrogens is 178 g/mol. The smallest absolute Gasteiger partial charge is 0.0958 e. The lowest BCUT2D eigenvalue weighted by Gasteiger charge is -1.95. The minimum Gasteiger partial charge on any atom is -0.512 e. The number of nitrogens with zero attached hydrogens (tertiary/aromatic N) is 1. The normalized spacial score (nSPS) is 12.6. The molecule has 3 heteroatoms. The molecule has 82 valence electrons. The van der Waals surface area contributed by atoms with Crippen LogP contribution in [0.15, 0.2) is 16.8 Å². The molecule has 0 rings (SSSR count). The Bertz CT molecular complexity index is 176. The third-order valence-electron chi connectivity index (χ3n) is 1.90. The zero-order chi connectivity index (χ0) is 10.6. The van der Waals surface area contributed by atoms with Gasteiger partial charge in [-0.1, -0.05) is 26.2 Å². The van der Waals surface area contributed by atoms with Crippen molar-refractivity contribution in [2.45, 2.75) is 39.0 Å². The van der Waals surface area contributed by atoms with Crippen molar-refractivity contribution in [2.75, 3.05) is 13.2 Å². The van der Waals surface area contributed by atoms with Crippen molar-refractivity contribution in [3.05, 3.63) is 11.8 Å². The first-order chi connectivity index (χ1) is 6.81. The van der Waals surface area contributed by atoms with Gasteiger partial charge in [-0.25, -0.2) is 0 Å². The molecule has 0 aliphatic carbocycles. The highest BCUT2D eigenvalue weighted by atomic mass is 16.3. The summed E-state index contributed by atoms with van der Waals surface area (Å²) in [4.78, 5) is 4.16. The Morgan fingerprint density at radius 1 is 1.29 bits per heavy atom. The van der Waals surface area contributed by atoms with Gasteiger partial charge in [0.2, 0.25) is 0 Å². The van der Waals surface area contributed by atoms with E-state index in [4.69, 9.17) is 10.2 Å². The second-order valence-corrected chi connectivity index (χ2v) is 3.23. The van der Waals surface area contributed by atoms with Gasteiger partial charge in [0.15, 0.2) is 0 Å². The molecule has 0 bridgehead atoms. The molecule has 0 aromatic heterocycles. The van der Waals surface area contributed by atoms with E-state index >= 15 is 0 Å². The van der Waals surface area contributed by atoms with E-state index in [2.05, 4.69) is 11.9 Å². The van der Waals surface area contributed by atoms with E-state index in [0.717, 1.165) is 13.0 Å². The van der Waals surface area contributed by atoms with Crippen LogP contribution in [0.1, 0.15) is 39.0 Å². The number of aliphatic hydroxyl groups excluding tert-OH is 2. The summed E-state index contributed by atoms with van der Waals surface area (Å²) in [5, 5.41) is 17.6. The Hall–Kier alpha value is -0.830. The number of aliphatic imine (C=N–C) groups is 1. The molecule has 14 heavy (non-hydrogen) atoms. The third-order valence-corrected chi connectivity index (χ3v) is 1.90. The number of hydrogen-bond donors (Lipinski definition) is 2. The monoisotopic (exact) mass is 199 g/mol. The number of aliphatic hydroxyl groups is 2. The van der Waals surface area contributed by atoms with E-state index in [1.807, 2.05) is 0 Å². The van der Waals surface area contributed by atoms with Crippen molar-refractivity contribution in [1.29, 1.82) is 0 Å². The van der Waals surface area contributed by atoms with Gasteiger partial charge in [-0.3, -0.25) is 4.99 Å². The predicted molar refractivity (Wildman–Crippen MR) is 59.9 cm³/mol. The van der Waals surface area contributed by atoms with Crippen LogP contribution in [-0.2, 0) is 0 Å². The van der Waals surface area contributed by atoms with Crippen molar-refractivity contribution in [3.8, 4) is 0 Å². The molecule has 0 unspecified atom stereocenters. The lowest BCUT2D eigenvalue weighted by molar-refractivity contribution is 0.328. The average molecular weight is 199 g/mol. The standard InChI is InChI=1S/C11H21NO2/c1-2-3-4-5-8-12-9-6-11(14)7-10-13/h7,9,13-14H,2-6,8,10H2,1H3. The molecule has 0 fully saturated rings. The molecule has 0 aliphatic rings. The highest BCUT2D eigenvalue weighted by molar-refractivity contribution is 5.60. The van der Waals surface area contributed by atoms with Crippen molar-refractivity contribution in [2.24, 2.45) is 4.99 Å². The minimum atomic E-state index is -0.115. The molecular formula is C11H21NO2. The second kappa shape index (κ2) is 10.3. The highest BCUT2D eigenvalue weighted by Gasteiger charge is 1.88. The van der Waals surface area contributed by atoms with E-state index in [-0.39, 0.29) is 12.4 Å². The molecule has 0 spiro atoms. The van der Waals surface area contributed by atoms with Crippen LogP contribution < -0.4 is 0 Å². The molecule has 0 atom stereocenters. The van der Waals surface area contributed by atoms with Crippen LogP contribution in [0.25, 0.3) is 0 Å². The maximum atomic E-state index is 9.10. The van der Waals surface area contributed by atoms with E-state index in [9.17, 15) is 0 Å². The van der Waals surface area contributed by atoms with Crippen molar-refractivity contribution in [1.82, 2.24) is 0 Å². The molecule has 0 amide bonds. The SMILES string of the molecule is CCCCCCN=CCC(O)=CCO. The van der Waals surface area contributed by atoms with Gasteiger partial charge >= 0.3 is 0 Å². The van der Waals surface area contributed by atoms with Crippen LogP contribution >= 0.6 is 0 Å². The van der Waals surface area contributed by atoms with Crippen molar-refractivity contribution >= 4 is 6.21 Å². The predicted octanol–water partition coefficient (Wildman–Crippen LogP) is 2.46. The van der Waals surface area contributed by atoms with Gasteiger partial charge in [0.1, 0.15) is 0 Å². The first-order valence-electron chi connectivity index (χ1n) is 5.28. The van der Waals surface area contributed by atoms with Crippen LogP contribution in [0.2, 0.25) is 0 Å². The highest BCUT2D eigenvalue weighted by Crippen LogP contribution is 1.99. The zero-order valence-electron chi connectivity index (χ0n) is 8.95. The molecule has 0 aliphatic heterocycles. The summed E-state index contributed by atoms with van der Waals surface area (Å²) in [6, 6.07) is 0. The summed E-state index contributed by atoms with van der Waals surface area (Å²) in [5.74, 6) is 0.185. The Morgan fingerprint density at radius 2 is 2.07 bits per heavy atom. The van der Waals surface area contributed by atoms with Gasteiger partial charge in [0, 0.05) is 19.2 Å². The first kappa shape index (κ1) is 13.2. The Balaban J connectivity index is 3.31. The minimum absolute atomic E-state index is 0.115. The first-order valence-corrected chi connectivity index (χ1v) is 5.28. The molecule has 0 aromatic carbocycles. The molecule has 0 aromatic rings. The average Bonchev–Trinajstić information content (AvgIpc) is 2.17. The van der Waals surface area contributed by atoms with E-state index in [1.54, 1.807) is 6.21 Å². The molecule has 0 saturated carbocycles. The number of unbranched alkanes of at least 4 members (excludes halogenated alkanes) is 3. The lowest BCUT2D eigenvalue weighted by atomic mass is 10.2. The topological polar surface area (TPSA) is 52.8 Å². The van der Waals surface area contributed by atoms with Crippen LogP contribution in [0, 0.1) is 0 Å². The largest absolute Gasteiger partial charge is 0.512 e. The Morgan fingerprint density at radius 3 is 2.71 bits per heavy atom. The summed E-state index contributed by atoms with van der Waals surface area (Å²) in [5.41, 5.74) is 0. The molecule has 2 N–H and O–H groups in total. The fourth-order valence-electron chi connectivity index (χ4n) is 1.07. The van der Waals surface area contributed by atoms with Gasteiger partial charge in [-0.2, -0.15) is 0 Å². The second-order valence-electron chi connectivity index (χ2n) is 3.23. The van der Waals surface area contributed by atoms with E-state index in [1.165, 1.54) is 25.3 Å². The maximum Gasteiger partial charge on any atom is 0.0958 e. The summed E-state index contributed by atoms with van der Waals surface area (Å²) < 4.78 is 0. The third kappa shape index (κ3) is 9.26. The van der Waals surface area contributed by atoms with Crippen LogP contribution in [-0.4, -0.2) is 29.6 Å². The van der Waals surface area contributed by atoms with Gasteiger partial charge in [0.25, 0.3) is 0 Å². The molecule has 0 saturated heterocycles. The van der Waals surface area contributed by atoms with Crippen molar-refractivity contribution < 1.29 is 10.2 Å². The molecule has 3 nitrogen and oxygen atoms in total. The quantitative estimate of drug-likeness (QED) is 0.358. The van der Waals surface area contributed by atoms with Gasteiger partial charge in [0.05, 0.1) is 12.4 Å². The summed E-state index contributed by atoms with van der Waals surface area (Å²) >= 11 is 0. The fraction of sp³-hybridized carbons (Fsp3) is 0.727. The summed E-state index contributed by atoms with van der Waals surface area (Å²) in [6.45, 7) is 2.91. The van der Waals surface area contributed by atoms with Crippen LogP contribution in [0.3, 0.4) is 0 Å². The molecule has 0 heterocycles. The summed E-state index contributed by atoms with van der Waals surface area (Å²) in [7, 11) is 0. The van der Waals surface area contributed by atoms with Crippen LogP contribution in [0.5, 0.6) is 0 Å². The number of rotatable bonds is 8. The van der Waals surface area contributed by atoms with Crippen LogP contribution in [0.4, 0.5) is 0 Å². The molecule has 0 radical (unpaired) electrons. The van der Waals surface area contributed by atoms with E-state index in [0.29, 0.717) is 6.42 Å². The maximum absolute atomic E-state index is 9.10. The van der Waals surface area contributed by atoms with Gasteiger partial charge in [-0.05, 0) is 12.5 Å². The Kier molecular flexibility index (Phi) is 9.64. The number of hydrogen-bond acceptors (Lipinski definition) is 3.